The molecule has 0 aromatic heterocycles. The van der Waals surface area contributed by atoms with Gasteiger partial charge in [-0.15, -0.1) is 0 Å². The van der Waals surface area contributed by atoms with E-state index in [2.05, 4.69) is 17.1 Å². The SMILES string of the molecule is COCOC[C@]12C=CCCN1CC=C[C@@H]2O. The van der Waals surface area contributed by atoms with Crippen LogP contribution in [0.3, 0.4) is 0 Å². The van der Waals surface area contributed by atoms with Gasteiger partial charge in [0.15, 0.2) is 0 Å². The lowest BCUT2D eigenvalue weighted by Crippen LogP contribution is -2.61. The Morgan fingerprint density at radius 2 is 2.38 bits per heavy atom. The summed E-state index contributed by atoms with van der Waals surface area (Å²) in [4.78, 5) is 2.26. The van der Waals surface area contributed by atoms with E-state index in [1.165, 1.54) is 0 Å². The van der Waals surface area contributed by atoms with Gasteiger partial charge < -0.3 is 14.6 Å². The monoisotopic (exact) mass is 225 g/mol. The van der Waals surface area contributed by atoms with Crippen LogP contribution in [0.25, 0.3) is 0 Å². The van der Waals surface area contributed by atoms with Gasteiger partial charge in [0, 0.05) is 20.2 Å². The van der Waals surface area contributed by atoms with E-state index in [4.69, 9.17) is 9.47 Å². The van der Waals surface area contributed by atoms with Gasteiger partial charge in [-0.3, -0.25) is 4.90 Å². The van der Waals surface area contributed by atoms with Crippen molar-refractivity contribution < 1.29 is 14.6 Å². The molecule has 2 heterocycles. The van der Waals surface area contributed by atoms with Crippen molar-refractivity contribution in [3.63, 3.8) is 0 Å². The topological polar surface area (TPSA) is 41.9 Å². The second-order valence-electron chi connectivity index (χ2n) is 4.26. The number of hydrogen-bond acceptors (Lipinski definition) is 4. The lowest BCUT2D eigenvalue weighted by molar-refractivity contribution is -0.0937. The first-order valence-corrected chi connectivity index (χ1v) is 5.64. The Bertz CT molecular complexity index is 290. The summed E-state index contributed by atoms with van der Waals surface area (Å²) in [6.45, 7) is 2.56. The van der Waals surface area contributed by atoms with Crippen molar-refractivity contribution in [2.45, 2.75) is 18.1 Å². The molecule has 0 spiro atoms. The second-order valence-corrected chi connectivity index (χ2v) is 4.26. The van der Waals surface area contributed by atoms with Crippen LogP contribution in [0.5, 0.6) is 0 Å². The summed E-state index contributed by atoms with van der Waals surface area (Å²) in [6, 6.07) is 0. The summed E-state index contributed by atoms with van der Waals surface area (Å²) in [7, 11) is 1.60. The maximum Gasteiger partial charge on any atom is 0.146 e. The molecule has 4 nitrogen and oxygen atoms in total. The number of fused-ring (bicyclic) bond motifs is 1. The summed E-state index contributed by atoms with van der Waals surface area (Å²) in [5.74, 6) is 0. The van der Waals surface area contributed by atoms with E-state index in [0.29, 0.717) is 6.61 Å². The van der Waals surface area contributed by atoms with Crippen molar-refractivity contribution in [1.82, 2.24) is 4.90 Å². The summed E-state index contributed by atoms with van der Waals surface area (Å²) in [5, 5.41) is 10.2. The van der Waals surface area contributed by atoms with Crippen molar-refractivity contribution in [3.05, 3.63) is 24.3 Å². The van der Waals surface area contributed by atoms with Gasteiger partial charge >= 0.3 is 0 Å². The Morgan fingerprint density at radius 1 is 1.50 bits per heavy atom. The first-order valence-electron chi connectivity index (χ1n) is 5.64. The molecule has 2 aliphatic heterocycles. The number of nitrogens with zero attached hydrogens (tertiary/aromatic N) is 1. The molecule has 4 heteroatoms. The Hall–Kier alpha value is -0.680. The largest absolute Gasteiger partial charge is 0.387 e. The van der Waals surface area contributed by atoms with Gasteiger partial charge in [0.1, 0.15) is 6.79 Å². The predicted octanol–water partition coefficient (Wildman–Crippen LogP) is 0.538. The van der Waals surface area contributed by atoms with Crippen molar-refractivity contribution in [2.75, 3.05) is 33.6 Å². The van der Waals surface area contributed by atoms with Crippen LogP contribution < -0.4 is 0 Å². The first kappa shape index (κ1) is 11.8. The minimum absolute atomic E-state index is 0.264. The lowest BCUT2D eigenvalue weighted by Gasteiger charge is -2.47. The molecule has 0 unspecified atom stereocenters. The van der Waals surface area contributed by atoms with Crippen molar-refractivity contribution in [3.8, 4) is 0 Å². The van der Waals surface area contributed by atoms with E-state index in [1.807, 2.05) is 12.2 Å². The van der Waals surface area contributed by atoms with Crippen molar-refractivity contribution in [1.29, 1.82) is 0 Å². The fraction of sp³-hybridized carbons (Fsp3) is 0.667. The summed E-state index contributed by atoms with van der Waals surface area (Å²) in [6.07, 6.45) is 8.58. The van der Waals surface area contributed by atoms with Crippen LogP contribution in [0.1, 0.15) is 6.42 Å². The molecule has 0 saturated carbocycles. The molecule has 0 fully saturated rings. The molecule has 2 aliphatic rings. The standard InChI is InChI=1S/C12H19NO3/c1-15-10-16-9-12-6-2-3-7-13(12)8-4-5-11(12)14/h2,4-6,11,14H,3,7-10H2,1H3/t11-,12-/m0/s1. The molecule has 0 saturated heterocycles. The van der Waals surface area contributed by atoms with Gasteiger partial charge in [-0.05, 0) is 6.42 Å². The third kappa shape index (κ3) is 2.06. The van der Waals surface area contributed by atoms with E-state index in [-0.39, 0.29) is 6.79 Å². The maximum absolute atomic E-state index is 10.2. The maximum atomic E-state index is 10.2. The second kappa shape index (κ2) is 5.10. The van der Waals surface area contributed by atoms with Gasteiger partial charge in [-0.25, -0.2) is 0 Å². The molecule has 16 heavy (non-hydrogen) atoms. The highest BCUT2D eigenvalue weighted by Gasteiger charge is 2.43. The average Bonchev–Trinajstić information content (AvgIpc) is 2.31. The van der Waals surface area contributed by atoms with Crippen LogP contribution in [0.4, 0.5) is 0 Å². The van der Waals surface area contributed by atoms with Crippen LogP contribution >= 0.6 is 0 Å². The smallest absolute Gasteiger partial charge is 0.146 e. The van der Waals surface area contributed by atoms with Crippen LogP contribution in [-0.4, -0.2) is 55.2 Å². The molecule has 0 radical (unpaired) electrons. The normalized spacial score (nSPS) is 34.0. The number of rotatable bonds is 4. The minimum atomic E-state index is -0.505. The van der Waals surface area contributed by atoms with E-state index in [1.54, 1.807) is 7.11 Å². The van der Waals surface area contributed by atoms with E-state index < -0.39 is 11.6 Å². The van der Waals surface area contributed by atoms with Crippen molar-refractivity contribution >= 4 is 0 Å². The number of ether oxygens (including phenoxy) is 2. The van der Waals surface area contributed by atoms with E-state index in [9.17, 15) is 5.11 Å². The number of aliphatic hydroxyl groups is 1. The average molecular weight is 225 g/mol. The van der Waals surface area contributed by atoms with Crippen LogP contribution in [0, 0.1) is 0 Å². The molecule has 0 amide bonds. The molecular weight excluding hydrogens is 206 g/mol. The fourth-order valence-electron chi connectivity index (χ4n) is 2.38. The Morgan fingerprint density at radius 3 is 3.19 bits per heavy atom. The highest BCUT2D eigenvalue weighted by atomic mass is 16.7. The van der Waals surface area contributed by atoms with E-state index in [0.717, 1.165) is 19.5 Å². The van der Waals surface area contributed by atoms with Crippen LogP contribution in [-0.2, 0) is 9.47 Å². The Balaban J connectivity index is 2.13. The highest BCUT2D eigenvalue weighted by molar-refractivity contribution is 5.23. The predicted molar refractivity (Wildman–Crippen MR) is 61.0 cm³/mol. The number of methoxy groups -OCH3 is 1. The molecule has 90 valence electrons. The third-order valence-corrected chi connectivity index (χ3v) is 3.25. The lowest BCUT2D eigenvalue weighted by atomic mass is 9.85. The molecule has 1 N–H and O–H groups in total. The minimum Gasteiger partial charge on any atom is -0.387 e. The van der Waals surface area contributed by atoms with Crippen molar-refractivity contribution in [2.24, 2.45) is 0 Å². The highest BCUT2D eigenvalue weighted by Crippen LogP contribution is 2.30. The number of hydrogen-bond donors (Lipinski definition) is 1. The molecule has 2 atom stereocenters. The first-order chi connectivity index (χ1) is 7.79. The zero-order chi connectivity index (χ0) is 11.4. The molecular formula is C12H19NO3. The summed E-state index contributed by atoms with van der Waals surface area (Å²) in [5.41, 5.74) is -0.397. The van der Waals surface area contributed by atoms with Gasteiger partial charge in [0.05, 0.1) is 18.2 Å². The number of aliphatic hydroxyl groups excluding tert-OH is 1. The van der Waals surface area contributed by atoms with E-state index >= 15 is 0 Å². The summed E-state index contributed by atoms with van der Waals surface area (Å²) < 4.78 is 10.3. The molecule has 0 aromatic carbocycles. The van der Waals surface area contributed by atoms with Gasteiger partial charge in [0.2, 0.25) is 0 Å². The summed E-state index contributed by atoms with van der Waals surface area (Å²) >= 11 is 0. The third-order valence-electron chi connectivity index (χ3n) is 3.25. The zero-order valence-corrected chi connectivity index (χ0v) is 9.63. The molecule has 0 aromatic rings. The van der Waals surface area contributed by atoms with Gasteiger partial charge in [-0.2, -0.15) is 0 Å². The Kier molecular flexibility index (Phi) is 3.76. The van der Waals surface area contributed by atoms with Crippen LogP contribution in [0.2, 0.25) is 0 Å². The quantitative estimate of drug-likeness (QED) is 0.431. The van der Waals surface area contributed by atoms with Crippen LogP contribution in [0.15, 0.2) is 24.3 Å². The molecule has 2 rings (SSSR count). The van der Waals surface area contributed by atoms with Gasteiger partial charge in [-0.1, -0.05) is 24.3 Å². The molecule has 0 aliphatic carbocycles. The fourth-order valence-corrected chi connectivity index (χ4v) is 2.38. The molecule has 0 bridgehead atoms. The zero-order valence-electron chi connectivity index (χ0n) is 9.63. The van der Waals surface area contributed by atoms with Gasteiger partial charge in [0.25, 0.3) is 0 Å². The Labute approximate surface area is 96.1 Å².